The van der Waals surface area contributed by atoms with E-state index in [0.717, 1.165) is 10.7 Å². The number of benzene rings is 1. The van der Waals surface area contributed by atoms with Gasteiger partial charge >= 0.3 is 0 Å². The maximum atomic E-state index is 12.5. The molecule has 5 nitrogen and oxygen atoms in total. The molecule has 0 spiro atoms. The number of hydrogen-bond acceptors (Lipinski definition) is 6. The molecule has 0 saturated heterocycles. The number of aryl methyl sites for hydroxylation is 1. The van der Waals surface area contributed by atoms with E-state index in [4.69, 9.17) is 9.47 Å². The molecule has 0 bridgehead atoms. The summed E-state index contributed by atoms with van der Waals surface area (Å²) in [5, 5.41) is 10.9. The number of phenolic OH excluding ortho intramolecular Hbond substituents is 1. The van der Waals surface area contributed by atoms with Crippen LogP contribution in [0.2, 0.25) is 0 Å². The van der Waals surface area contributed by atoms with Crippen LogP contribution in [0.4, 0.5) is 0 Å². The lowest BCUT2D eigenvalue weighted by Gasteiger charge is -2.13. The lowest BCUT2D eigenvalue weighted by Crippen LogP contribution is -2.10. The Labute approximate surface area is 151 Å². The van der Waals surface area contributed by atoms with Crippen molar-refractivity contribution in [2.45, 2.75) is 33.1 Å². The van der Waals surface area contributed by atoms with Gasteiger partial charge in [0.1, 0.15) is 0 Å². The average molecular weight is 361 g/mol. The highest BCUT2D eigenvalue weighted by Gasteiger charge is 2.22. The number of ether oxygens (including phenoxy) is 2. The first-order chi connectivity index (χ1) is 11.7. The van der Waals surface area contributed by atoms with Crippen molar-refractivity contribution in [3.8, 4) is 17.2 Å². The van der Waals surface area contributed by atoms with Gasteiger partial charge in [0.2, 0.25) is 5.75 Å². The molecule has 134 valence electrons. The van der Waals surface area contributed by atoms with E-state index in [1.165, 1.54) is 31.6 Å². The second-order valence-electron chi connectivity index (χ2n) is 6.66. The Bertz CT molecular complexity index is 790. The molecule has 2 rings (SSSR count). The predicted octanol–water partition coefficient (Wildman–Crippen LogP) is 4.37. The smallest absolute Gasteiger partial charge is 0.200 e. The number of hydrogen-bond donors (Lipinski definition) is 1. The van der Waals surface area contributed by atoms with Crippen molar-refractivity contribution in [3.63, 3.8) is 0 Å². The van der Waals surface area contributed by atoms with Crippen LogP contribution in [0.3, 0.4) is 0 Å². The van der Waals surface area contributed by atoms with Crippen molar-refractivity contribution in [2.75, 3.05) is 14.2 Å². The molecule has 0 unspecified atom stereocenters. The molecule has 0 aliphatic carbocycles. The van der Waals surface area contributed by atoms with Crippen LogP contribution in [0.5, 0.6) is 17.2 Å². The Morgan fingerprint density at radius 2 is 1.76 bits per heavy atom. The van der Waals surface area contributed by atoms with E-state index < -0.39 is 0 Å². The maximum Gasteiger partial charge on any atom is 0.200 e. The summed E-state index contributed by atoms with van der Waals surface area (Å²) < 4.78 is 10.2. The van der Waals surface area contributed by atoms with Crippen molar-refractivity contribution in [1.29, 1.82) is 0 Å². The van der Waals surface area contributed by atoms with Gasteiger partial charge < -0.3 is 14.6 Å². The summed E-state index contributed by atoms with van der Waals surface area (Å²) in [5.74, 6) is 0.406. The molecule has 1 aromatic carbocycles. The van der Waals surface area contributed by atoms with Gasteiger partial charge in [-0.3, -0.25) is 4.79 Å². The number of thiazole rings is 1. The topological polar surface area (TPSA) is 68.7 Å². The van der Waals surface area contributed by atoms with Gasteiger partial charge in [-0.05, 0) is 30.7 Å². The number of carbonyl (C=O) groups is 1. The van der Waals surface area contributed by atoms with Crippen LogP contribution < -0.4 is 9.47 Å². The minimum atomic E-state index is -0.100. The third-order valence-electron chi connectivity index (χ3n) is 3.59. The maximum absolute atomic E-state index is 12.5. The molecule has 25 heavy (non-hydrogen) atoms. The normalized spacial score (nSPS) is 11.8. The molecule has 1 aromatic heterocycles. The molecule has 0 atom stereocenters. The molecular weight excluding hydrogens is 338 g/mol. The van der Waals surface area contributed by atoms with E-state index in [1.807, 2.05) is 6.92 Å². The summed E-state index contributed by atoms with van der Waals surface area (Å²) in [5.41, 5.74) is 1.35. The fraction of sp³-hybridized carbons (Fsp3) is 0.368. The molecule has 1 N–H and O–H groups in total. The SMILES string of the molecule is COc1cc(C=CC(=O)c2sc(C(C)(C)C)nc2C)cc(OC)c1O. The average Bonchev–Trinajstić information content (AvgIpc) is 2.95. The number of phenols is 1. The van der Waals surface area contributed by atoms with Crippen LogP contribution >= 0.6 is 11.3 Å². The Kier molecular flexibility index (Phi) is 5.52. The molecule has 6 heteroatoms. The highest BCUT2D eigenvalue weighted by atomic mass is 32.1. The molecule has 0 aliphatic heterocycles. The number of aromatic nitrogens is 1. The van der Waals surface area contributed by atoms with E-state index in [1.54, 1.807) is 18.2 Å². The lowest BCUT2D eigenvalue weighted by atomic mass is 9.98. The second-order valence-corrected chi connectivity index (χ2v) is 7.65. The molecule has 0 radical (unpaired) electrons. The van der Waals surface area contributed by atoms with Gasteiger partial charge in [0, 0.05) is 5.41 Å². The highest BCUT2D eigenvalue weighted by molar-refractivity contribution is 7.14. The fourth-order valence-electron chi connectivity index (χ4n) is 2.20. The number of ketones is 1. The van der Waals surface area contributed by atoms with E-state index in [9.17, 15) is 9.90 Å². The monoisotopic (exact) mass is 361 g/mol. The van der Waals surface area contributed by atoms with Crippen LogP contribution in [0.25, 0.3) is 6.08 Å². The van der Waals surface area contributed by atoms with Crippen molar-refractivity contribution >= 4 is 23.2 Å². The second kappa shape index (κ2) is 7.27. The zero-order valence-corrected chi connectivity index (χ0v) is 16.2. The zero-order chi connectivity index (χ0) is 18.8. The number of nitrogens with zero attached hydrogens (tertiary/aromatic N) is 1. The summed E-state index contributed by atoms with van der Waals surface area (Å²) in [7, 11) is 2.92. The van der Waals surface area contributed by atoms with Gasteiger partial charge in [-0.25, -0.2) is 4.98 Å². The van der Waals surface area contributed by atoms with Crippen molar-refractivity contribution in [2.24, 2.45) is 0 Å². The van der Waals surface area contributed by atoms with Crippen LogP contribution in [0, 0.1) is 6.92 Å². The minimum Gasteiger partial charge on any atom is -0.502 e. The summed E-state index contributed by atoms with van der Waals surface area (Å²) in [6.07, 6.45) is 3.17. The van der Waals surface area contributed by atoms with Crippen LogP contribution in [0.1, 0.15) is 46.7 Å². The number of carbonyl (C=O) groups excluding carboxylic acids is 1. The Balaban J connectivity index is 2.31. The van der Waals surface area contributed by atoms with Crippen LogP contribution in [-0.2, 0) is 5.41 Å². The van der Waals surface area contributed by atoms with Crippen LogP contribution in [0.15, 0.2) is 18.2 Å². The first-order valence-electron chi connectivity index (χ1n) is 7.82. The van der Waals surface area contributed by atoms with Gasteiger partial charge in [-0.1, -0.05) is 26.8 Å². The number of rotatable bonds is 5. The van der Waals surface area contributed by atoms with Gasteiger partial charge in [0.05, 0.1) is 29.8 Å². The van der Waals surface area contributed by atoms with Crippen molar-refractivity contribution in [3.05, 3.63) is 39.4 Å². The zero-order valence-electron chi connectivity index (χ0n) is 15.3. The Hall–Kier alpha value is -2.34. The van der Waals surface area contributed by atoms with E-state index in [2.05, 4.69) is 25.8 Å². The first-order valence-corrected chi connectivity index (χ1v) is 8.64. The van der Waals surface area contributed by atoms with Gasteiger partial charge in [0.15, 0.2) is 17.3 Å². The van der Waals surface area contributed by atoms with Crippen molar-refractivity contribution in [1.82, 2.24) is 4.98 Å². The summed E-state index contributed by atoms with van der Waals surface area (Å²) in [4.78, 5) is 17.7. The summed E-state index contributed by atoms with van der Waals surface area (Å²) in [6.45, 7) is 8.07. The molecule has 0 amide bonds. The fourth-order valence-corrected chi connectivity index (χ4v) is 3.25. The third kappa shape index (κ3) is 4.20. The molecule has 0 aliphatic rings. The van der Waals surface area contributed by atoms with Gasteiger partial charge in [-0.15, -0.1) is 11.3 Å². The lowest BCUT2D eigenvalue weighted by molar-refractivity contribution is 0.105. The van der Waals surface area contributed by atoms with Gasteiger partial charge in [0.25, 0.3) is 0 Å². The largest absolute Gasteiger partial charge is 0.502 e. The van der Waals surface area contributed by atoms with E-state index in [-0.39, 0.29) is 28.4 Å². The molecule has 0 fully saturated rings. The standard InChI is InChI=1S/C19H23NO4S/c1-11-17(25-18(20-11)19(2,3)4)13(21)8-7-12-9-14(23-5)16(22)15(10-12)24-6/h7-10,22H,1-6H3. The molecular formula is C19H23NO4S. The van der Waals surface area contributed by atoms with Crippen molar-refractivity contribution < 1.29 is 19.4 Å². The quantitative estimate of drug-likeness (QED) is 0.633. The molecule has 2 aromatic rings. The summed E-state index contributed by atoms with van der Waals surface area (Å²) >= 11 is 1.43. The molecule has 0 saturated carbocycles. The minimum absolute atomic E-state index is 0.0680. The highest BCUT2D eigenvalue weighted by Crippen LogP contribution is 2.37. The third-order valence-corrected chi connectivity index (χ3v) is 5.19. The number of methoxy groups -OCH3 is 2. The molecule has 1 heterocycles. The van der Waals surface area contributed by atoms with Gasteiger partial charge in [-0.2, -0.15) is 0 Å². The predicted molar refractivity (Wildman–Crippen MR) is 100 cm³/mol. The van der Waals surface area contributed by atoms with Crippen LogP contribution in [-0.4, -0.2) is 30.1 Å². The van der Waals surface area contributed by atoms with E-state index >= 15 is 0 Å². The summed E-state index contributed by atoms with van der Waals surface area (Å²) in [6, 6.07) is 3.28. The number of aromatic hydroxyl groups is 1. The first kappa shape index (κ1) is 19.0. The number of allylic oxidation sites excluding steroid dienone is 1. The Morgan fingerprint density at radius 1 is 1.20 bits per heavy atom. The Morgan fingerprint density at radius 3 is 2.20 bits per heavy atom. The van der Waals surface area contributed by atoms with E-state index in [0.29, 0.717) is 10.4 Å².